The van der Waals surface area contributed by atoms with Gasteiger partial charge in [-0.15, -0.1) is 0 Å². The molecule has 1 aromatic heterocycles. The van der Waals surface area contributed by atoms with Crippen molar-refractivity contribution in [3.63, 3.8) is 0 Å². The molecule has 0 aliphatic rings. The van der Waals surface area contributed by atoms with Crippen LogP contribution < -0.4 is 10.5 Å². The zero-order valence-electron chi connectivity index (χ0n) is 9.45. The van der Waals surface area contributed by atoms with Crippen molar-refractivity contribution in [3.8, 4) is 17.0 Å². The second-order valence-corrected chi connectivity index (χ2v) is 3.62. The van der Waals surface area contributed by atoms with Crippen LogP contribution in [-0.4, -0.2) is 16.8 Å². The molecule has 0 aliphatic carbocycles. The highest BCUT2D eigenvalue weighted by molar-refractivity contribution is 5.66. The number of ether oxygens (including phenoxy) is 1. The Bertz CT molecular complexity index is 491. The van der Waals surface area contributed by atoms with Gasteiger partial charge in [-0.3, -0.25) is 5.10 Å². The Balaban J connectivity index is 2.36. The van der Waals surface area contributed by atoms with Crippen LogP contribution in [0.4, 0.5) is 5.82 Å². The van der Waals surface area contributed by atoms with Crippen LogP contribution in [-0.2, 0) is 0 Å². The molecule has 0 unspecified atom stereocenters. The number of nitrogens with two attached hydrogens (primary N) is 1. The first-order valence-corrected chi connectivity index (χ1v) is 5.25. The van der Waals surface area contributed by atoms with Gasteiger partial charge in [-0.2, -0.15) is 5.10 Å². The number of rotatable bonds is 3. The molecule has 0 aliphatic heterocycles. The Morgan fingerprint density at radius 1 is 1.38 bits per heavy atom. The van der Waals surface area contributed by atoms with Crippen LogP contribution in [0.15, 0.2) is 24.3 Å². The first-order valence-electron chi connectivity index (χ1n) is 5.25. The van der Waals surface area contributed by atoms with Gasteiger partial charge in [-0.05, 0) is 37.6 Å². The summed E-state index contributed by atoms with van der Waals surface area (Å²) >= 11 is 0. The molecule has 0 fully saturated rings. The third kappa shape index (κ3) is 2.00. The molecule has 0 radical (unpaired) electrons. The SMILES string of the molecule is CCOc1ccc(-c2cc(N)n[nH]2)c(C)c1. The van der Waals surface area contributed by atoms with Gasteiger partial charge in [-0.1, -0.05) is 0 Å². The highest BCUT2D eigenvalue weighted by Gasteiger charge is 2.05. The van der Waals surface area contributed by atoms with E-state index in [4.69, 9.17) is 10.5 Å². The lowest BCUT2D eigenvalue weighted by atomic mass is 10.1. The number of H-pyrrole nitrogens is 1. The number of nitrogens with zero attached hydrogens (tertiary/aromatic N) is 1. The number of benzene rings is 1. The topological polar surface area (TPSA) is 63.9 Å². The molecule has 3 N–H and O–H groups in total. The number of aryl methyl sites for hydroxylation is 1. The Hall–Kier alpha value is -1.97. The van der Waals surface area contributed by atoms with E-state index >= 15 is 0 Å². The Kier molecular flexibility index (Phi) is 2.81. The molecule has 0 atom stereocenters. The molecule has 0 saturated carbocycles. The largest absolute Gasteiger partial charge is 0.494 e. The van der Waals surface area contributed by atoms with Crippen molar-refractivity contribution in [2.45, 2.75) is 13.8 Å². The van der Waals surface area contributed by atoms with Crippen molar-refractivity contribution in [2.24, 2.45) is 0 Å². The molecular formula is C12H15N3O. The molecule has 4 nitrogen and oxygen atoms in total. The Morgan fingerprint density at radius 3 is 2.75 bits per heavy atom. The number of anilines is 1. The average Bonchev–Trinajstić information content (AvgIpc) is 2.65. The fourth-order valence-electron chi connectivity index (χ4n) is 1.67. The van der Waals surface area contributed by atoms with Gasteiger partial charge in [0.05, 0.1) is 12.3 Å². The average molecular weight is 217 g/mol. The number of hydrogen-bond donors (Lipinski definition) is 2. The van der Waals surface area contributed by atoms with E-state index < -0.39 is 0 Å². The molecule has 16 heavy (non-hydrogen) atoms. The fraction of sp³-hybridized carbons (Fsp3) is 0.250. The number of nitrogen functional groups attached to an aromatic ring is 1. The van der Waals surface area contributed by atoms with E-state index in [0.29, 0.717) is 12.4 Å². The molecular weight excluding hydrogens is 202 g/mol. The lowest BCUT2D eigenvalue weighted by Gasteiger charge is -2.07. The molecule has 1 heterocycles. The molecule has 84 valence electrons. The summed E-state index contributed by atoms with van der Waals surface area (Å²) in [7, 11) is 0. The van der Waals surface area contributed by atoms with Crippen LogP contribution >= 0.6 is 0 Å². The summed E-state index contributed by atoms with van der Waals surface area (Å²) in [4.78, 5) is 0. The zero-order chi connectivity index (χ0) is 11.5. The predicted molar refractivity (Wildman–Crippen MR) is 64.3 cm³/mol. The van der Waals surface area contributed by atoms with E-state index in [1.807, 2.05) is 38.1 Å². The lowest BCUT2D eigenvalue weighted by molar-refractivity contribution is 0.340. The first-order chi connectivity index (χ1) is 7.70. The van der Waals surface area contributed by atoms with Gasteiger partial charge in [0, 0.05) is 11.6 Å². The summed E-state index contributed by atoms with van der Waals surface area (Å²) in [5.74, 6) is 1.39. The molecule has 4 heteroatoms. The monoisotopic (exact) mass is 217 g/mol. The van der Waals surface area contributed by atoms with Crippen molar-refractivity contribution in [1.82, 2.24) is 10.2 Å². The smallest absolute Gasteiger partial charge is 0.145 e. The van der Waals surface area contributed by atoms with Gasteiger partial charge in [0.2, 0.25) is 0 Å². The molecule has 1 aromatic carbocycles. The summed E-state index contributed by atoms with van der Waals surface area (Å²) in [6, 6.07) is 7.79. The second kappa shape index (κ2) is 4.26. The van der Waals surface area contributed by atoms with Crippen LogP contribution in [0.25, 0.3) is 11.3 Å². The molecule has 2 aromatic rings. The maximum Gasteiger partial charge on any atom is 0.145 e. The minimum absolute atomic E-state index is 0.503. The summed E-state index contributed by atoms with van der Waals surface area (Å²) in [6.45, 7) is 4.68. The van der Waals surface area contributed by atoms with Crippen molar-refractivity contribution in [2.75, 3.05) is 12.3 Å². The van der Waals surface area contributed by atoms with Crippen LogP contribution in [0.1, 0.15) is 12.5 Å². The molecule has 0 saturated heterocycles. The van der Waals surface area contributed by atoms with Crippen molar-refractivity contribution in [1.29, 1.82) is 0 Å². The number of aromatic nitrogens is 2. The van der Waals surface area contributed by atoms with E-state index in [9.17, 15) is 0 Å². The van der Waals surface area contributed by atoms with Gasteiger partial charge >= 0.3 is 0 Å². The first kappa shape index (κ1) is 10.5. The highest BCUT2D eigenvalue weighted by Crippen LogP contribution is 2.26. The Morgan fingerprint density at radius 2 is 2.19 bits per heavy atom. The highest BCUT2D eigenvalue weighted by atomic mass is 16.5. The second-order valence-electron chi connectivity index (χ2n) is 3.62. The standard InChI is InChI=1S/C12H15N3O/c1-3-16-9-4-5-10(8(2)6-9)11-7-12(13)15-14-11/h4-7H,3H2,1-2H3,(H3,13,14,15). The molecule has 0 spiro atoms. The van der Waals surface area contributed by atoms with Gasteiger partial charge < -0.3 is 10.5 Å². The minimum Gasteiger partial charge on any atom is -0.494 e. The molecule has 0 bridgehead atoms. The predicted octanol–water partition coefficient (Wildman–Crippen LogP) is 2.37. The van der Waals surface area contributed by atoms with Crippen LogP contribution in [0, 0.1) is 6.92 Å². The summed E-state index contributed by atoms with van der Waals surface area (Å²) in [6.07, 6.45) is 0. The number of nitrogens with one attached hydrogen (secondary N) is 1. The van der Waals surface area contributed by atoms with Crippen molar-refractivity contribution < 1.29 is 4.74 Å². The van der Waals surface area contributed by atoms with E-state index in [-0.39, 0.29) is 0 Å². The van der Waals surface area contributed by atoms with Crippen molar-refractivity contribution >= 4 is 5.82 Å². The van der Waals surface area contributed by atoms with Crippen LogP contribution in [0.3, 0.4) is 0 Å². The summed E-state index contributed by atoms with van der Waals surface area (Å²) in [5, 5.41) is 6.81. The van der Waals surface area contributed by atoms with E-state index in [1.165, 1.54) is 0 Å². The normalized spacial score (nSPS) is 10.4. The van der Waals surface area contributed by atoms with E-state index in [0.717, 1.165) is 22.6 Å². The van der Waals surface area contributed by atoms with Gasteiger partial charge in [0.25, 0.3) is 0 Å². The van der Waals surface area contributed by atoms with Gasteiger partial charge in [-0.25, -0.2) is 0 Å². The number of aromatic amines is 1. The lowest BCUT2D eigenvalue weighted by Crippen LogP contribution is -1.92. The number of hydrogen-bond acceptors (Lipinski definition) is 3. The van der Waals surface area contributed by atoms with Crippen LogP contribution in [0.2, 0.25) is 0 Å². The fourth-order valence-corrected chi connectivity index (χ4v) is 1.67. The molecule has 2 rings (SSSR count). The van der Waals surface area contributed by atoms with Gasteiger partial charge in [0.1, 0.15) is 11.6 Å². The van der Waals surface area contributed by atoms with E-state index in [2.05, 4.69) is 10.2 Å². The summed E-state index contributed by atoms with van der Waals surface area (Å²) in [5.41, 5.74) is 8.73. The van der Waals surface area contributed by atoms with Gasteiger partial charge in [0.15, 0.2) is 0 Å². The quantitative estimate of drug-likeness (QED) is 0.829. The summed E-state index contributed by atoms with van der Waals surface area (Å²) < 4.78 is 5.43. The Labute approximate surface area is 94.4 Å². The maximum absolute atomic E-state index is 5.58. The van der Waals surface area contributed by atoms with Crippen LogP contribution in [0.5, 0.6) is 5.75 Å². The minimum atomic E-state index is 0.503. The van der Waals surface area contributed by atoms with Crippen molar-refractivity contribution in [3.05, 3.63) is 29.8 Å². The van der Waals surface area contributed by atoms with E-state index in [1.54, 1.807) is 0 Å². The third-order valence-corrected chi connectivity index (χ3v) is 2.40. The zero-order valence-corrected chi connectivity index (χ0v) is 9.45. The maximum atomic E-state index is 5.58. The molecule has 0 amide bonds. The third-order valence-electron chi connectivity index (χ3n) is 2.40.